The van der Waals surface area contributed by atoms with Crippen molar-refractivity contribution < 1.29 is 19.4 Å². The highest BCUT2D eigenvalue weighted by molar-refractivity contribution is 5.96. The predicted molar refractivity (Wildman–Crippen MR) is 48.6 cm³/mol. The highest BCUT2D eigenvalue weighted by Crippen LogP contribution is 2.34. The van der Waals surface area contributed by atoms with Crippen LogP contribution in [-0.4, -0.2) is 35.0 Å². The Balaban J connectivity index is 2.30. The van der Waals surface area contributed by atoms with Gasteiger partial charge in [-0.3, -0.25) is 4.79 Å². The molecule has 0 amide bonds. The van der Waals surface area contributed by atoms with Crippen LogP contribution in [0.2, 0.25) is 0 Å². The first-order valence-corrected chi connectivity index (χ1v) is 4.66. The van der Waals surface area contributed by atoms with Gasteiger partial charge >= 0.3 is 0 Å². The van der Waals surface area contributed by atoms with Gasteiger partial charge in [0.15, 0.2) is 17.7 Å². The van der Waals surface area contributed by atoms with Gasteiger partial charge in [0.2, 0.25) is 0 Å². The molecule has 0 aromatic heterocycles. The van der Waals surface area contributed by atoms with Crippen LogP contribution in [0.25, 0.3) is 0 Å². The molecule has 2 rings (SSSR count). The van der Waals surface area contributed by atoms with E-state index < -0.39 is 24.1 Å². The van der Waals surface area contributed by atoms with Crippen molar-refractivity contribution in [2.24, 2.45) is 0 Å². The van der Waals surface area contributed by atoms with Crippen molar-refractivity contribution in [3.05, 3.63) is 11.6 Å². The van der Waals surface area contributed by atoms with Gasteiger partial charge in [-0.1, -0.05) is 0 Å². The lowest BCUT2D eigenvalue weighted by atomic mass is 9.92. The molecule has 1 fully saturated rings. The fraction of sp³-hybridized carbons (Fsp3) is 0.700. The summed E-state index contributed by atoms with van der Waals surface area (Å²) >= 11 is 0. The van der Waals surface area contributed by atoms with Crippen molar-refractivity contribution in [2.45, 2.75) is 44.9 Å². The normalized spacial score (nSPS) is 40.7. The summed E-state index contributed by atoms with van der Waals surface area (Å²) < 4.78 is 10.9. The van der Waals surface area contributed by atoms with Crippen molar-refractivity contribution in [1.29, 1.82) is 0 Å². The van der Waals surface area contributed by atoms with Gasteiger partial charge in [0.05, 0.1) is 0 Å². The fourth-order valence-corrected chi connectivity index (χ4v) is 1.89. The molecule has 3 atom stereocenters. The first kappa shape index (κ1) is 9.83. The van der Waals surface area contributed by atoms with Crippen LogP contribution >= 0.6 is 0 Å². The lowest BCUT2D eigenvalue weighted by Crippen LogP contribution is -2.43. The summed E-state index contributed by atoms with van der Waals surface area (Å²) in [5.74, 6) is -0.909. The van der Waals surface area contributed by atoms with E-state index in [0.717, 1.165) is 0 Å². The van der Waals surface area contributed by atoms with E-state index in [1.807, 2.05) is 0 Å². The molecule has 0 aromatic carbocycles. The Morgan fingerprint density at radius 2 is 2.07 bits per heavy atom. The van der Waals surface area contributed by atoms with E-state index in [1.54, 1.807) is 20.8 Å². The van der Waals surface area contributed by atoms with E-state index in [9.17, 15) is 9.90 Å². The van der Waals surface area contributed by atoms with Gasteiger partial charge in [-0.05, 0) is 32.4 Å². The van der Waals surface area contributed by atoms with Gasteiger partial charge in [0.25, 0.3) is 0 Å². The molecule has 78 valence electrons. The second kappa shape index (κ2) is 2.89. The first-order valence-electron chi connectivity index (χ1n) is 4.66. The Bertz CT molecular complexity index is 305. The van der Waals surface area contributed by atoms with Gasteiger partial charge in [-0.2, -0.15) is 0 Å². The second-order valence-corrected chi connectivity index (χ2v) is 4.26. The topological polar surface area (TPSA) is 55.8 Å². The van der Waals surface area contributed by atoms with Crippen LogP contribution in [0.1, 0.15) is 20.8 Å². The Kier molecular flexibility index (Phi) is 2.03. The van der Waals surface area contributed by atoms with Crippen molar-refractivity contribution in [3.63, 3.8) is 0 Å². The van der Waals surface area contributed by atoms with E-state index in [-0.39, 0.29) is 5.78 Å². The molecule has 1 N–H and O–H groups in total. The van der Waals surface area contributed by atoms with Crippen molar-refractivity contribution in [1.82, 2.24) is 0 Å². The highest BCUT2D eigenvalue weighted by Gasteiger charge is 2.50. The summed E-state index contributed by atoms with van der Waals surface area (Å²) in [7, 11) is 0. The third-order valence-corrected chi connectivity index (χ3v) is 2.56. The maximum absolute atomic E-state index is 11.5. The Hall–Kier alpha value is -0.710. The number of ketones is 1. The van der Waals surface area contributed by atoms with Crippen LogP contribution in [-0.2, 0) is 14.3 Å². The minimum Gasteiger partial charge on any atom is -0.386 e. The third kappa shape index (κ3) is 1.39. The molecular formula is C10H14O4. The summed E-state index contributed by atoms with van der Waals surface area (Å²) in [5, 5.41) is 9.77. The molecule has 4 heteroatoms. The Morgan fingerprint density at radius 3 is 2.71 bits per heavy atom. The summed E-state index contributed by atoms with van der Waals surface area (Å²) in [5.41, 5.74) is 0.637. The number of carbonyl (C=O) groups is 1. The molecule has 0 spiro atoms. The third-order valence-electron chi connectivity index (χ3n) is 2.56. The molecule has 3 unspecified atom stereocenters. The average Bonchev–Trinajstić information content (AvgIpc) is 2.38. The van der Waals surface area contributed by atoms with Gasteiger partial charge in [-0.15, -0.1) is 0 Å². The molecular weight excluding hydrogens is 184 g/mol. The zero-order valence-corrected chi connectivity index (χ0v) is 8.48. The van der Waals surface area contributed by atoms with E-state index in [2.05, 4.69) is 0 Å². The molecule has 0 bridgehead atoms. The smallest absolute Gasteiger partial charge is 0.187 e. The largest absolute Gasteiger partial charge is 0.386 e. The van der Waals surface area contributed by atoms with Crippen LogP contribution < -0.4 is 0 Å². The van der Waals surface area contributed by atoms with E-state index in [1.165, 1.54) is 6.08 Å². The van der Waals surface area contributed by atoms with Crippen LogP contribution in [0.4, 0.5) is 0 Å². The lowest BCUT2D eigenvalue weighted by Gasteiger charge is -2.25. The molecule has 0 aromatic rings. The Labute approximate surface area is 82.5 Å². The summed E-state index contributed by atoms with van der Waals surface area (Å²) in [6.07, 6.45) is -0.512. The molecule has 0 radical (unpaired) electrons. The monoisotopic (exact) mass is 198 g/mol. The fourth-order valence-electron chi connectivity index (χ4n) is 1.89. The Morgan fingerprint density at radius 1 is 1.43 bits per heavy atom. The highest BCUT2D eigenvalue weighted by atomic mass is 16.8. The number of carbonyl (C=O) groups excluding carboxylic acids is 1. The van der Waals surface area contributed by atoms with Gasteiger partial charge in [0, 0.05) is 0 Å². The maximum Gasteiger partial charge on any atom is 0.187 e. The van der Waals surface area contributed by atoms with Crippen LogP contribution in [0.15, 0.2) is 11.6 Å². The van der Waals surface area contributed by atoms with Gasteiger partial charge < -0.3 is 14.6 Å². The molecule has 4 nitrogen and oxygen atoms in total. The first-order chi connectivity index (χ1) is 6.41. The lowest BCUT2D eigenvalue weighted by molar-refractivity contribution is -0.155. The number of rotatable bonds is 0. The van der Waals surface area contributed by atoms with Crippen molar-refractivity contribution in [2.75, 3.05) is 0 Å². The number of hydrogen-bond acceptors (Lipinski definition) is 4. The van der Waals surface area contributed by atoms with Crippen LogP contribution in [0.3, 0.4) is 0 Å². The molecule has 1 saturated heterocycles. The van der Waals surface area contributed by atoms with Crippen molar-refractivity contribution in [3.8, 4) is 0 Å². The average molecular weight is 198 g/mol. The zero-order valence-electron chi connectivity index (χ0n) is 8.48. The number of fused-ring (bicyclic) bond motifs is 1. The SMILES string of the molecule is CC1=CC(=O)C2OC(C)(C)OC2C1O. The van der Waals surface area contributed by atoms with Gasteiger partial charge in [0.1, 0.15) is 12.2 Å². The minimum absolute atomic E-state index is 0.122. The van der Waals surface area contributed by atoms with Crippen LogP contribution in [0, 0.1) is 0 Å². The van der Waals surface area contributed by atoms with Crippen molar-refractivity contribution >= 4 is 5.78 Å². The molecule has 14 heavy (non-hydrogen) atoms. The summed E-state index contributed by atoms with van der Waals surface area (Å²) in [6, 6.07) is 0. The van der Waals surface area contributed by atoms with Crippen LogP contribution in [0.5, 0.6) is 0 Å². The van der Waals surface area contributed by atoms with Gasteiger partial charge in [-0.25, -0.2) is 0 Å². The maximum atomic E-state index is 11.5. The second-order valence-electron chi connectivity index (χ2n) is 4.26. The minimum atomic E-state index is -0.787. The molecule has 1 aliphatic heterocycles. The number of aliphatic hydroxyl groups excluding tert-OH is 1. The quantitative estimate of drug-likeness (QED) is 0.612. The molecule has 0 saturated carbocycles. The molecule has 2 aliphatic rings. The van der Waals surface area contributed by atoms with E-state index >= 15 is 0 Å². The standard InChI is InChI=1S/C10H14O4/c1-5-4-6(11)8-9(7(5)12)14-10(2,3)13-8/h4,7-9,12H,1-3H3. The van der Waals surface area contributed by atoms with E-state index in [4.69, 9.17) is 9.47 Å². The predicted octanol–water partition coefficient (Wildman–Crippen LogP) is 0.396. The van der Waals surface area contributed by atoms with E-state index in [0.29, 0.717) is 5.57 Å². The summed E-state index contributed by atoms with van der Waals surface area (Å²) in [4.78, 5) is 11.5. The summed E-state index contributed by atoms with van der Waals surface area (Å²) in [6.45, 7) is 5.19. The number of ether oxygens (including phenoxy) is 2. The number of aliphatic hydroxyl groups is 1. The molecule has 1 heterocycles. The molecule has 1 aliphatic carbocycles. The zero-order chi connectivity index (χ0) is 10.5. The number of hydrogen-bond donors (Lipinski definition) is 1.